The van der Waals surface area contributed by atoms with Gasteiger partial charge in [-0.2, -0.15) is 0 Å². The van der Waals surface area contributed by atoms with Crippen LogP contribution in [-0.2, 0) is 4.79 Å². The number of carbonyl (C=O) groups excluding carboxylic acids is 1. The lowest BCUT2D eigenvalue weighted by molar-refractivity contribution is -0.113. The summed E-state index contributed by atoms with van der Waals surface area (Å²) in [7, 11) is 3.69. The number of ether oxygens (including phenoxy) is 1. The van der Waals surface area contributed by atoms with Crippen LogP contribution in [0.4, 0.5) is 5.69 Å². The molecule has 1 fully saturated rings. The molecule has 1 aromatic rings. The highest BCUT2D eigenvalue weighted by molar-refractivity contribution is 8.23. The van der Waals surface area contributed by atoms with Crippen LogP contribution in [0.5, 0.6) is 5.75 Å². The Labute approximate surface area is 141 Å². The number of nitrogens with zero attached hydrogens (tertiary/aromatic N) is 2. The van der Waals surface area contributed by atoms with Gasteiger partial charge in [0, 0.05) is 26.2 Å². The molecule has 0 bridgehead atoms. The Balaban J connectivity index is 1.79. The van der Waals surface area contributed by atoms with E-state index in [0.717, 1.165) is 30.5 Å². The van der Waals surface area contributed by atoms with E-state index >= 15 is 0 Å². The van der Waals surface area contributed by atoms with Gasteiger partial charge in [0.2, 0.25) is 5.91 Å². The third-order valence-corrected chi connectivity index (χ3v) is 4.99. The number of benzene rings is 1. The summed E-state index contributed by atoms with van der Waals surface area (Å²) in [5.74, 6) is 0.886. The van der Waals surface area contributed by atoms with Gasteiger partial charge in [0.25, 0.3) is 0 Å². The van der Waals surface area contributed by atoms with E-state index < -0.39 is 0 Å². The zero-order valence-electron chi connectivity index (χ0n) is 12.9. The quantitative estimate of drug-likeness (QED) is 0.846. The van der Waals surface area contributed by atoms with Crippen LogP contribution in [0.25, 0.3) is 0 Å². The second-order valence-electron chi connectivity index (χ2n) is 5.09. The van der Waals surface area contributed by atoms with Gasteiger partial charge in [0.15, 0.2) is 0 Å². The van der Waals surface area contributed by atoms with Crippen LogP contribution in [0.1, 0.15) is 0 Å². The predicted octanol–water partition coefficient (Wildman–Crippen LogP) is 1.90. The van der Waals surface area contributed by atoms with Crippen LogP contribution in [0.15, 0.2) is 24.3 Å². The Kier molecular flexibility index (Phi) is 6.48. The Morgan fingerprint density at radius 2 is 2.00 bits per heavy atom. The average molecular weight is 339 g/mol. The lowest BCUT2D eigenvalue weighted by Gasteiger charge is -2.33. The molecule has 1 N–H and O–H groups in total. The van der Waals surface area contributed by atoms with Crippen molar-refractivity contribution >= 4 is 39.9 Å². The number of nitrogens with one attached hydrogen (secondary N) is 1. The molecule has 22 heavy (non-hydrogen) atoms. The molecular weight excluding hydrogens is 318 g/mol. The number of hydrogen-bond donors (Lipinski definition) is 1. The summed E-state index contributed by atoms with van der Waals surface area (Å²) in [5, 5.41) is 2.86. The second kappa shape index (κ2) is 8.36. The summed E-state index contributed by atoms with van der Waals surface area (Å²) in [6.07, 6.45) is 0. The molecule has 0 aromatic heterocycles. The lowest BCUT2D eigenvalue weighted by atomic mass is 10.3. The fraction of sp³-hybridized carbons (Fsp3) is 0.467. The van der Waals surface area contributed by atoms with Gasteiger partial charge in [-0.1, -0.05) is 36.1 Å². The normalized spacial score (nSPS) is 15.5. The van der Waals surface area contributed by atoms with Gasteiger partial charge >= 0.3 is 0 Å². The monoisotopic (exact) mass is 339 g/mol. The number of amides is 1. The molecule has 1 aromatic carbocycles. The smallest absolute Gasteiger partial charge is 0.234 e. The first-order valence-electron chi connectivity index (χ1n) is 7.13. The first kappa shape index (κ1) is 17.1. The molecule has 7 heteroatoms. The number of anilines is 1. The standard InChI is InChI=1S/C15H21N3O2S2/c1-17-7-9-18(10-8-17)15(21)22-11-14(19)16-12-5-3-4-6-13(12)20-2/h3-6H,7-11H2,1-2H3,(H,16,19). The van der Waals surface area contributed by atoms with Crippen molar-refractivity contribution < 1.29 is 9.53 Å². The number of para-hydroxylation sites is 2. The van der Waals surface area contributed by atoms with Gasteiger partial charge in [-0.05, 0) is 19.2 Å². The highest BCUT2D eigenvalue weighted by atomic mass is 32.2. The fourth-order valence-electron chi connectivity index (χ4n) is 2.14. The van der Waals surface area contributed by atoms with E-state index in [1.165, 1.54) is 11.8 Å². The molecule has 1 saturated heterocycles. The van der Waals surface area contributed by atoms with E-state index in [1.807, 2.05) is 24.3 Å². The Morgan fingerprint density at radius 3 is 2.68 bits per heavy atom. The zero-order valence-corrected chi connectivity index (χ0v) is 14.5. The molecule has 1 heterocycles. The topological polar surface area (TPSA) is 44.8 Å². The minimum absolute atomic E-state index is 0.0778. The Bertz CT molecular complexity index is 531. The molecule has 2 rings (SSSR count). The van der Waals surface area contributed by atoms with Crippen molar-refractivity contribution in [3.63, 3.8) is 0 Å². The van der Waals surface area contributed by atoms with Gasteiger partial charge in [0.05, 0.1) is 18.6 Å². The largest absolute Gasteiger partial charge is 0.495 e. The van der Waals surface area contributed by atoms with Gasteiger partial charge in [-0.25, -0.2) is 0 Å². The van der Waals surface area contributed by atoms with Gasteiger partial charge < -0.3 is 19.9 Å². The highest BCUT2D eigenvalue weighted by Gasteiger charge is 2.17. The molecule has 1 aliphatic heterocycles. The number of hydrogen-bond acceptors (Lipinski definition) is 5. The first-order chi connectivity index (χ1) is 10.6. The van der Waals surface area contributed by atoms with Gasteiger partial charge in [0.1, 0.15) is 10.1 Å². The SMILES string of the molecule is COc1ccccc1NC(=O)CSC(=S)N1CCN(C)CC1. The number of methoxy groups -OCH3 is 1. The average Bonchev–Trinajstić information content (AvgIpc) is 2.54. The predicted molar refractivity (Wildman–Crippen MR) is 95.7 cm³/mol. The maximum Gasteiger partial charge on any atom is 0.234 e. The fourth-order valence-corrected chi connectivity index (χ4v) is 3.19. The molecular formula is C15H21N3O2S2. The Morgan fingerprint density at radius 1 is 1.32 bits per heavy atom. The van der Waals surface area contributed by atoms with Crippen molar-refractivity contribution in [1.82, 2.24) is 9.80 Å². The number of thiocarbonyl (C=S) groups is 1. The van der Waals surface area contributed by atoms with Crippen LogP contribution in [0, 0.1) is 0 Å². The van der Waals surface area contributed by atoms with E-state index in [1.54, 1.807) is 7.11 Å². The summed E-state index contributed by atoms with van der Waals surface area (Å²) in [5.41, 5.74) is 0.682. The zero-order chi connectivity index (χ0) is 15.9. The molecule has 0 radical (unpaired) electrons. The third-order valence-electron chi connectivity index (χ3n) is 3.47. The molecule has 1 aliphatic rings. The molecule has 5 nitrogen and oxygen atoms in total. The van der Waals surface area contributed by atoms with Gasteiger partial charge in [-0.15, -0.1) is 0 Å². The minimum atomic E-state index is -0.0778. The summed E-state index contributed by atoms with van der Waals surface area (Å²) in [4.78, 5) is 16.5. The van der Waals surface area contributed by atoms with E-state index in [2.05, 4.69) is 22.2 Å². The summed E-state index contributed by atoms with van der Waals surface area (Å²) in [6.45, 7) is 3.87. The van der Waals surface area contributed by atoms with Gasteiger partial charge in [-0.3, -0.25) is 4.79 Å². The maximum atomic E-state index is 12.0. The van der Waals surface area contributed by atoms with Crippen LogP contribution in [-0.4, -0.2) is 66.1 Å². The molecule has 1 amide bonds. The number of rotatable bonds is 4. The van der Waals surface area contributed by atoms with Crippen molar-refractivity contribution in [2.45, 2.75) is 0 Å². The van der Waals surface area contributed by atoms with Crippen LogP contribution >= 0.6 is 24.0 Å². The number of carbonyl (C=O) groups is 1. The summed E-state index contributed by atoms with van der Waals surface area (Å²) < 4.78 is 6.01. The molecule has 0 spiro atoms. The van der Waals surface area contributed by atoms with E-state index in [9.17, 15) is 4.79 Å². The van der Waals surface area contributed by atoms with E-state index in [0.29, 0.717) is 17.2 Å². The van der Waals surface area contributed by atoms with Crippen molar-refractivity contribution in [2.75, 3.05) is 51.4 Å². The third kappa shape index (κ3) is 4.86. The van der Waals surface area contributed by atoms with Crippen molar-refractivity contribution in [2.24, 2.45) is 0 Å². The number of likely N-dealkylation sites (N-methyl/N-ethyl adjacent to an activating group) is 1. The summed E-state index contributed by atoms with van der Waals surface area (Å²) >= 11 is 6.82. The molecule has 120 valence electrons. The van der Waals surface area contributed by atoms with Crippen LogP contribution < -0.4 is 10.1 Å². The molecule has 0 aliphatic carbocycles. The minimum Gasteiger partial charge on any atom is -0.495 e. The Hall–Kier alpha value is -1.31. The van der Waals surface area contributed by atoms with E-state index in [4.69, 9.17) is 17.0 Å². The highest BCUT2D eigenvalue weighted by Crippen LogP contribution is 2.23. The van der Waals surface area contributed by atoms with Crippen LogP contribution in [0.3, 0.4) is 0 Å². The molecule has 0 saturated carbocycles. The summed E-state index contributed by atoms with van der Waals surface area (Å²) in [6, 6.07) is 7.36. The molecule has 0 atom stereocenters. The first-order valence-corrected chi connectivity index (χ1v) is 8.52. The number of piperazine rings is 1. The second-order valence-corrected chi connectivity index (χ2v) is 6.70. The van der Waals surface area contributed by atoms with Crippen molar-refractivity contribution in [1.29, 1.82) is 0 Å². The maximum absolute atomic E-state index is 12.0. The van der Waals surface area contributed by atoms with E-state index in [-0.39, 0.29) is 5.91 Å². The number of thioether (sulfide) groups is 1. The lowest BCUT2D eigenvalue weighted by Crippen LogP contribution is -2.46. The van der Waals surface area contributed by atoms with Crippen molar-refractivity contribution in [3.05, 3.63) is 24.3 Å². The van der Waals surface area contributed by atoms with Crippen molar-refractivity contribution in [3.8, 4) is 5.75 Å². The van der Waals surface area contributed by atoms with Crippen LogP contribution in [0.2, 0.25) is 0 Å². The molecule has 0 unspecified atom stereocenters.